The highest BCUT2D eigenvalue weighted by Crippen LogP contribution is 2.18. The molecule has 0 saturated heterocycles. The molecule has 1 aromatic carbocycles. The van der Waals surface area contributed by atoms with Gasteiger partial charge in [0, 0.05) is 6.20 Å². The molecule has 16 heavy (non-hydrogen) atoms. The van der Waals surface area contributed by atoms with Gasteiger partial charge in [-0.15, -0.1) is 0 Å². The van der Waals surface area contributed by atoms with Gasteiger partial charge in [0.15, 0.2) is 0 Å². The summed E-state index contributed by atoms with van der Waals surface area (Å²) >= 11 is 0. The molecular weight excluding hydrogens is 196 g/mol. The normalized spacial score (nSPS) is 10.6. The van der Waals surface area contributed by atoms with Gasteiger partial charge in [-0.1, -0.05) is 38.0 Å². The van der Waals surface area contributed by atoms with Gasteiger partial charge >= 0.3 is 0 Å². The Morgan fingerprint density at radius 2 is 2.12 bits per heavy atom. The first kappa shape index (κ1) is 10.9. The molecule has 1 aromatic heterocycles. The molecule has 2 nitrogen and oxygen atoms in total. The summed E-state index contributed by atoms with van der Waals surface area (Å²) in [5.74, 6) is 0. The van der Waals surface area contributed by atoms with E-state index in [1.807, 2.05) is 6.07 Å². The zero-order valence-corrected chi connectivity index (χ0v) is 9.74. The Morgan fingerprint density at radius 3 is 2.88 bits per heavy atom. The fourth-order valence-corrected chi connectivity index (χ4v) is 1.89. The van der Waals surface area contributed by atoms with Gasteiger partial charge in [0.25, 0.3) is 0 Å². The van der Waals surface area contributed by atoms with Gasteiger partial charge in [-0.05, 0) is 36.1 Å². The highest BCUT2D eigenvalue weighted by atomic mass is 15.1. The van der Waals surface area contributed by atoms with Crippen molar-refractivity contribution in [1.82, 2.24) is 10.2 Å². The van der Waals surface area contributed by atoms with E-state index in [9.17, 15) is 0 Å². The van der Waals surface area contributed by atoms with Gasteiger partial charge < -0.3 is 0 Å². The van der Waals surface area contributed by atoms with Crippen LogP contribution in [0.25, 0.3) is 11.3 Å². The summed E-state index contributed by atoms with van der Waals surface area (Å²) in [5.41, 5.74) is 3.74. The van der Waals surface area contributed by atoms with E-state index in [1.165, 1.54) is 36.8 Å². The topological polar surface area (TPSA) is 28.7 Å². The summed E-state index contributed by atoms with van der Waals surface area (Å²) in [6.07, 6.45) is 6.84. The Morgan fingerprint density at radius 1 is 1.19 bits per heavy atom. The standard InChI is InChI=1S/C14H18N2/c1-2-3-4-6-12-7-5-8-13(11-12)14-9-10-15-16-14/h5,7-11H,2-4,6H2,1H3,(H,15,16). The van der Waals surface area contributed by atoms with Crippen LogP contribution in [0.4, 0.5) is 0 Å². The van der Waals surface area contributed by atoms with E-state index in [0.29, 0.717) is 0 Å². The van der Waals surface area contributed by atoms with Gasteiger partial charge in [0.2, 0.25) is 0 Å². The van der Waals surface area contributed by atoms with Crippen molar-refractivity contribution in [3.05, 3.63) is 42.1 Å². The van der Waals surface area contributed by atoms with E-state index in [0.717, 1.165) is 5.69 Å². The zero-order valence-electron chi connectivity index (χ0n) is 9.74. The van der Waals surface area contributed by atoms with E-state index in [2.05, 4.69) is 41.4 Å². The molecule has 2 heteroatoms. The number of nitrogens with zero attached hydrogens (tertiary/aromatic N) is 1. The van der Waals surface area contributed by atoms with Crippen LogP contribution < -0.4 is 0 Å². The summed E-state index contributed by atoms with van der Waals surface area (Å²) in [6.45, 7) is 2.24. The van der Waals surface area contributed by atoms with Crippen molar-refractivity contribution in [2.24, 2.45) is 0 Å². The quantitative estimate of drug-likeness (QED) is 0.753. The summed E-state index contributed by atoms with van der Waals surface area (Å²) in [4.78, 5) is 0. The molecule has 0 aliphatic rings. The largest absolute Gasteiger partial charge is 0.278 e. The molecule has 0 atom stereocenters. The fourth-order valence-electron chi connectivity index (χ4n) is 1.89. The van der Waals surface area contributed by atoms with E-state index in [1.54, 1.807) is 6.20 Å². The summed E-state index contributed by atoms with van der Waals surface area (Å²) in [7, 11) is 0. The van der Waals surface area contributed by atoms with Crippen molar-refractivity contribution < 1.29 is 0 Å². The fraction of sp³-hybridized carbons (Fsp3) is 0.357. The molecule has 0 aliphatic carbocycles. The molecule has 1 heterocycles. The molecule has 1 N–H and O–H groups in total. The lowest BCUT2D eigenvalue weighted by atomic mass is 10.0. The zero-order chi connectivity index (χ0) is 11.2. The Kier molecular flexibility index (Phi) is 3.76. The molecule has 0 bridgehead atoms. The lowest BCUT2D eigenvalue weighted by Crippen LogP contribution is -1.87. The van der Waals surface area contributed by atoms with Gasteiger partial charge in [0.1, 0.15) is 0 Å². The predicted octanol–water partition coefficient (Wildman–Crippen LogP) is 3.81. The number of benzene rings is 1. The van der Waals surface area contributed by atoms with Crippen molar-refractivity contribution in [1.29, 1.82) is 0 Å². The number of hydrogen-bond donors (Lipinski definition) is 1. The van der Waals surface area contributed by atoms with E-state index < -0.39 is 0 Å². The second-order valence-electron chi connectivity index (χ2n) is 4.13. The minimum absolute atomic E-state index is 1.09. The highest BCUT2D eigenvalue weighted by Gasteiger charge is 2.00. The molecule has 0 radical (unpaired) electrons. The molecular formula is C14H18N2. The van der Waals surface area contributed by atoms with Crippen LogP contribution in [0.5, 0.6) is 0 Å². The maximum absolute atomic E-state index is 3.98. The van der Waals surface area contributed by atoms with Crippen molar-refractivity contribution in [2.75, 3.05) is 0 Å². The number of unbranched alkanes of at least 4 members (excludes halogenated alkanes) is 2. The van der Waals surface area contributed by atoms with Crippen LogP contribution in [0.15, 0.2) is 36.5 Å². The summed E-state index contributed by atoms with van der Waals surface area (Å²) < 4.78 is 0. The molecule has 0 aliphatic heterocycles. The molecule has 84 valence electrons. The van der Waals surface area contributed by atoms with Crippen LogP contribution in [0.3, 0.4) is 0 Å². The van der Waals surface area contributed by atoms with Gasteiger partial charge in [-0.3, -0.25) is 5.10 Å². The van der Waals surface area contributed by atoms with E-state index in [-0.39, 0.29) is 0 Å². The monoisotopic (exact) mass is 214 g/mol. The maximum atomic E-state index is 3.98. The smallest absolute Gasteiger partial charge is 0.0650 e. The molecule has 2 aromatic rings. The Labute approximate surface area is 96.7 Å². The van der Waals surface area contributed by atoms with Crippen molar-refractivity contribution in [3.8, 4) is 11.3 Å². The number of aromatic nitrogens is 2. The van der Waals surface area contributed by atoms with Gasteiger partial charge in [0.05, 0.1) is 5.69 Å². The summed E-state index contributed by atoms with van der Waals surface area (Å²) in [5, 5.41) is 6.98. The number of aryl methyl sites for hydroxylation is 1. The van der Waals surface area contributed by atoms with E-state index >= 15 is 0 Å². The van der Waals surface area contributed by atoms with Crippen LogP contribution in [0, 0.1) is 0 Å². The van der Waals surface area contributed by atoms with Crippen LogP contribution in [-0.4, -0.2) is 10.2 Å². The maximum Gasteiger partial charge on any atom is 0.0650 e. The molecule has 0 unspecified atom stereocenters. The predicted molar refractivity (Wildman–Crippen MR) is 67.3 cm³/mol. The Hall–Kier alpha value is -1.57. The Balaban J connectivity index is 2.08. The molecule has 0 amide bonds. The SMILES string of the molecule is CCCCCc1cccc(-c2ccn[nH]2)c1. The van der Waals surface area contributed by atoms with Crippen molar-refractivity contribution in [3.63, 3.8) is 0 Å². The van der Waals surface area contributed by atoms with Gasteiger partial charge in [-0.25, -0.2) is 0 Å². The first-order chi connectivity index (χ1) is 7.90. The van der Waals surface area contributed by atoms with Gasteiger partial charge in [-0.2, -0.15) is 5.10 Å². The number of H-pyrrole nitrogens is 1. The lowest BCUT2D eigenvalue weighted by molar-refractivity contribution is 0.717. The average Bonchev–Trinajstić information content (AvgIpc) is 2.83. The third-order valence-electron chi connectivity index (χ3n) is 2.81. The molecule has 0 spiro atoms. The molecule has 0 saturated carbocycles. The van der Waals surface area contributed by atoms with Crippen LogP contribution >= 0.6 is 0 Å². The van der Waals surface area contributed by atoms with Crippen LogP contribution in [-0.2, 0) is 6.42 Å². The molecule has 0 fully saturated rings. The molecule has 2 rings (SSSR count). The first-order valence-corrected chi connectivity index (χ1v) is 5.99. The van der Waals surface area contributed by atoms with Crippen molar-refractivity contribution >= 4 is 0 Å². The lowest BCUT2D eigenvalue weighted by Gasteiger charge is -2.03. The second-order valence-corrected chi connectivity index (χ2v) is 4.13. The number of nitrogens with one attached hydrogen (secondary N) is 1. The van der Waals surface area contributed by atoms with E-state index in [4.69, 9.17) is 0 Å². The van der Waals surface area contributed by atoms with Crippen LogP contribution in [0.1, 0.15) is 31.7 Å². The highest BCUT2D eigenvalue weighted by molar-refractivity contribution is 5.59. The number of hydrogen-bond acceptors (Lipinski definition) is 1. The second kappa shape index (κ2) is 5.50. The minimum atomic E-state index is 1.09. The van der Waals surface area contributed by atoms with Crippen LogP contribution in [0.2, 0.25) is 0 Å². The first-order valence-electron chi connectivity index (χ1n) is 5.99. The number of aromatic amines is 1. The average molecular weight is 214 g/mol. The van der Waals surface area contributed by atoms with Crippen molar-refractivity contribution in [2.45, 2.75) is 32.6 Å². The minimum Gasteiger partial charge on any atom is -0.278 e. The number of rotatable bonds is 5. The summed E-state index contributed by atoms with van der Waals surface area (Å²) in [6, 6.07) is 10.7. The third kappa shape index (κ3) is 2.72. The third-order valence-corrected chi connectivity index (χ3v) is 2.81. The Bertz CT molecular complexity index is 418.